The Morgan fingerprint density at radius 1 is 1.26 bits per heavy atom. The number of hydrogen-bond acceptors (Lipinski definition) is 6. The second kappa shape index (κ2) is 9.99. The highest BCUT2D eigenvalue weighted by molar-refractivity contribution is 7.19. The fourth-order valence-electron chi connectivity index (χ4n) is 5.32. The van der Waals surface area contributed by atoms with Crippen LogP contribution in [0.2, 0.25) is 18.1 Å². The summed E-state index contributed by atoms with van der Waals surface area (Å²) in [6.45, 7) is 13.8. The van der Waals surface area contributed by atoms with Gasteiger partial charge in [-0.25, -0.2) is 4.79 Å². The topological polar surface area (TPSA) is 89.7 Å². The van der Waals surface area contributed by atoms with Crippen LogP contribution in [0.15, 0.2) is 30.5 Å². The van der Waals surface area contributed by atoms with E-state index in [-0.39, 0.29) is 11.1 Å². The average Bonchev–Trinajstić information content (AvgIpc) is 3.53. The Kier molecular flexibility index (Phi) is 7.01. The average molecular weight is 549 g/mol. The summed E-state index contributed by atoms with van der Waals surface area (Å²) in [6, 6.07) is 10.7. The number of fused-ring (bicyclic) bond motifs is 2. The molecule has 1 saturated heterocycles. The van der Waals surface area contributed by atoms with Crippen LogP contribution in [-0.4, -0.2) is 55.1 Å². The number of aryl methyl sites for hydroxylation is 1. The van der Waals surface area contributed by atoms with Gasteiger partial charge in [0.15, 0.2) is 8.32 Å². The minimum absolute atomic E-state index is 0.131. The van der Waals surface area contributed by atoms with E-state index >= 15 is 0 Å². The maximum atomic E-state index is 11.6. The number of nitriles is 1. The van der Waals surface area contributed by atoms with Crippen molar-refractivity contribution in [3.8, 4) is 17.2 Å². The molecule has 2 aliphatic heterocycles. The molecule has 1 unspecified atom stereocenters. The lowest BCUT2D eigenvalue weighted by atomic mass is 9.90. The third-order valence-electron chi connectivity index (χ3n) is 8.46. The van der Waals surface area contributed by atoms with E-state index in [2.05, 4.69) is 62.0 Å². The zero-order chi connectivity index (χ0) is 27.2. The fraction of sp³-hybridized carbons (Fsp3) is 0.483. The van der Waals surface area contributed by atoms with Gasteiger partial charge >= 0.3 is 6.09 Å². The minimum atomic E-state index is -1.89. The number of amides is 1. The summed E-state index contributed by atoms with van der Waals surface area (Å²) in [7, 11) is -1.89. The van der Waals surface area contributed by atoms with E-state index in [1.165, 1.54) is 10.5 Å². The van der Waals surface area contributed by atoms with Gasteiger partial charge in [0, 0.05) is 53.6 Å². The maximum Gasteiger partial charge on any atom is 0.407 e. The van der Waals surface area contributed by atoms with E-state index < -0.39 is 14.4 Å². The van der Waals surface area contributed by atoms with Gasteiger partial charge < -0.3 is 19.3 Å². The molecule has 200 valence electrons. The molecule has 2 aromatic heterocycles. The highest BCUT2D eigenvalue weighted by atomic mass is 32.1. The molecule has 3 aromatic rings. The van der Waals surface area contributed by atoms with Crippen molar-refractivity contribution in [1.29, 1.82) is 5.26 Å². The molecule has 1 aromatic carbocycles. The predicted molar refractivity (Wildman–Crippen MR) is 155 cm³/mol. The van der Waals surface area contributed by atoms with Crippen molar-refractivity contribution in [2.24, 2.45) is 0 Å². The van der Waals surface area contributed by atoms with Crippen LogP contribution >= 0.6 is 11.3 Å². The molecular weight excluding hydrogens is 512 g/mol. The summed E-state index contributed by atoms with van der Waals surface area (Å²) < 4.78 is 7.61. The van der Waals surface area contributed by atoms with E-state index in [1.54, 1.807) is 11.3 Å². The highest BCUT2D eigenvalue weighted by Gasteiger charge is 2.37. The Morgan fingerprint density at radius 2 is 2.05 bits per heavy atom. The van der Waals surface area contributed by atoms with Crippen molar-refractivity contribution in [3.05, 3.63) is 46.5 Å². The first-order valence-electron chi connectivity index (χ1n) is 13.3. The Hall–Kier alpha value is -2.93. The minimum Gasteiger partial charge on any atom is -0.465 e. The number of benzene rings is 1. The van der Waals surface area contributed by atoms with Gasteiger partial charge in [0.1, 0.15) is 0 Å². The number of aromatic nitrogens is 1. The summed E-state index contributed by atoms with van der Waals surface area (Å²) in [6.07, 6.45) is 3.71. The molecule has 38 heavy (non-hydrogen) atoms. The van der Waals surface area contributed by atoms with E-state index in [0.29, 0.717) is 25.3 Å². The van der Waals surface area contributed by atoms with Crippen LogP contribution in [-0.2, 0) is 17.5 Å². The summed E-state index contributed by atoms with van der Waals surface area (Å²) >= 11 is 1.72. The highest BCUT2D eigenvalue weighted by Crippen LogP contribution is 2.44. The molecule has 0 radical (unpaired) electrons. The summed E-state index contributed by atoms with van der Waals surface area (Å²) in [5, 5.41) is 19.5. The van der Waals surface area contributed by atoms with Crippen LogP contribution in [0.4, 0.5) is 10.5 Å². The Labute approximate surface area is 229 Å². The van der Waals surface area contributed by atoms with Crippen LogP contribution in [0.3, 0.4) is 0 Å². The van der Waals surface area contributed by atoms with E-state index in [4.69, 9.17) is 4.43 Å². The Balaban J connectivity index is 1.57. The first kappa shape index (κ1) is 26.7. The van der Waals surface area contributed by atoms with Gasteiger partial charge in [0.25, 0.3) is 0 Å². The van der Waals surface area contributed by atoms with Crippen LogP contribution in [0.5, 0.6) is 0 Å². The molecule has 0 bridgehead atoms. The molecule has 2 aliphatic rings. The zero-order valence-corrected chi connectivity index (χ0v) is 24.7. The van der Waals surface area contributed by atoms with E-state index in [9.17, 15) is 15.2 Å². The van der Waals surface area contributed by atoms with Crippen LogP contribution in [0.25, 0.3) is 21.3 Å². The number of likely N-dealkylation sites (tertiary alicyclic amines) is 1. The van der Waals surface area contributed by atoms with E-state index in [0.717, 1.165) is 57.7 Å². The van der Waals surface area contributed by atoms with Crippen molar-refractivity contribution in [1.82, 2.24) is 9.88 Å². The summed E-state index contributed by atoms with van der Waals surface area (Å²) in [5.74, 6) is 0. The fourth-order valence-corrected chi connectivity index (χ4v) is 7.43. The van der Waals surface area contributed by atoms with Crippen molar-refractivity contribution in [2.75, 3.05) is 24.5 Å². The molecule has 1 atom stereocenters. The monoisotopic (exact) mass is 548 g/mol. The van der Waals surface area contributed by atoms with Crippen molar-refractivity contribution in [3.63, 3.8) is 0 Å². The van der Waals surface area contributed by atoms with Gasteiger partial charge in [0.05, 0.1) is 28.5 Å². The molecule has 7 nitrogen and oxygen atoms in total. The van der Waals surface area contributed by atoms with Crippen molar-refractivity contribution in [2.45, 2.75) is 70.8 Å². The van der Waals surface area contributed by atoms with Gasteiger partial charge in [-0.15, -0.1) is 11.3 Å². The lowest BCUT2D eigenvalue weighted by Gasteiger charge is -2.38. The number of pyridine rings is 1. The number of nitrogens with zero attached hydrogens (tertiary/aromatic N) is 4. The lowest BCUT2D eigenvalue weighted by Crippen LogP contribution is -2.42. The van der Waals surface area contributed by atoms with Gasteiger partial charge in [-0.05, 0) is 67.2 Å². The molecule has 1 fully saturated rings. The summed E-state index contributed by atoms with van der Waals surface area (Å²) in [5.41, 5.74) is 6.03. The van der Waals surface area contributed by atoms with Crippen LogP contribution < -0.4 is 4.90 Å². The number of hydrogen-bond donors (Lipinski definition) is 1. The number of rotatable bonds is 5. The molecular formula is C29H36N4O3SSi. The standard InChI is InChI=1S/C29H36N4O3SSi/c1-29(2,3)38(4,5)36-18-22-15-25-27(37-22)23(8-10-31-25)24-14-19(16-30)13-20-7-6-11-33(26(20)24)21-9-12-32(17-21)28(34)35/h8,10,13-15,21H,6-7,9,11-12,17-18H2,1-5H3,(H,34,35). The second-order valence-corrected chi connectivity index (χ2v) is 17.9. The first-order chi connectivity index (χ1) is 18.0. The first-order valence-corrected chi connectivity index (χ1v) is 17.0. The van der Waals surface area contributed by atoms with Gasteiger partial charge in [-0.3, -0.25) is 4.98 Å². The van der Waals surface area contributed by atoms with Crippen molar-refractivity contribution < 1.29 is 14.3 Å². The van der Waals surface area contributed by atoms with Crippen LogP contribution in [0, 0.1) is 11.3 Å². The van der Waals surface area contributed by atoms with Gasteiger partial charge in [-0.1, -0.05) is 20.8 Å². The lowest BCUT2D eigenvalue weighted by molar-refractivity contribution is 0.155. The molecule has 1 amide bonds. The van der Waals surface area contributed by atoms with Gasteiger partial charge in [-0.2, -0.15) is 5.26 Å². The molecule has 5 rings (SSSR count). The SMILES string of the molecule is CC(C)(C)[Si](C)(C)OCc1cc2nccc(-c3cc(C#N)cc4c3N(C3CCN(C(=O)O)C3)CCC4)c2s1. The zero-order valence-electron chi connectivity index (χ0n) is 22.9. The molecule has 0 saturated carbocycles. The Morgan fingerprint density at radius 3 is 2.74 bits per heavy atom. The maximum absolute atomic E-state index is 11.6. The molecule has 9 heteroatoms. The molecule has 1 N–H and O–H groups in total. The third-order valence-corrected chi connectivity index (χ3v) is 14.1. The quantitative estimate of drug-likeness (QED) is 0.350. The van der Waals surface area contributed by atoms with Crippen LogP contribution in [0.1, 0.15) is 49.6 Å². The normalized spacial score (nSPS) is 18.1. The molecule has 4 heterocycles. The molecule has 0 aliphatic carbocycles. The van der Waals surface area contributed by atoms with E-state index in [1.807, 2.05) is 18.3 Å². The molecule has 0 spiro atoms. The smallest absolute Gasteiger partial charge is 0.407 e. The summed E-state index contributed by atoms with van der Waals surface area (Å²) in [4.78, 5) is 21.4. The third kappa shape index (κ3) is 4.93. The predicted octanol–water partition coefficient (Wildman–Crippen LogP) is 6.86. The number of carboxylic acid groups (broad SMARTS) is 1. The number of thiophene rings is 1. The largest absolute Gasteiger partial charge is 0.465 e. The number of anilines is 1. The number of carbonyl (C=O) groups is 1. The van der Waals surface area contributed by atoms with Gasteiger partial charge in [0.2, 0.25) is 0 Å². The Bertz CT molecular complexity index is 1420. The van der Waals surface area contributed by atoms with Crippen molar-refractivity contribution >= 4 is 41.7 Å². The second-order valence-electron chi connectivity index (χ2n) is 11.9.